The summed E-state index contributed by atoms with van der Waals surface area (Å²) < 4.78 is 67.4. The molecule has 7 nitrogen and oxygen atoms in total. The van der Waals surface area contributed by atoms with Crippen LogP contribution in [0.1, 0.15) is 20.3 Å². The number of carbonyl (C=O) groups excluding carboxylic acids is 1. The van der Waals surface area contributed by atoms with Crippen molar-refractivity contribution in [2.45, 2.75) is 41.4 Å². The van der Waals surface area contributed by atoms with Crippen molar-refractivity contribution in [3.63, 3.8) is 0 Å². The predicted octanol–water partition coefficient (Wildman–Crippen LogP) is 2.20. The molecule has 2 unspecified atom stereocenters. The van der Waals surface area contributed by atoms with E-state index in [0.717, 1.165) is 12.1 Å². The molecule has 0 saturated carbocycles. The maximum atomic E-state index is 14.0. The summed E-state index contributed by atoms with van der Waals surface area (Å²) in [6.45, 7) is 3.50. The summed E-state index contributed by atoms with van der Waals surface area (Å²) in [6, 6.07) is 11.8. The lowest BCUT2D eigenvalue weighted by molar-refractivity contribution is -0.132. The molecule has 1 aliphatic rings. The average Bonchev–Trinajstić information content (AvgIpc) is 3.23. The second-order valence-electron chi connectivity index (χ2n) is 7.83. The van der Waals surface area contributed by atoms with Gasteiger partial charge in [0.15, 0.2) is 9.84 Å². The fraction of sp³-hybridized carbons (Fsp3) is 0.381. The van der Waals surface area contributed by atoms with Crippen molar-refractivity contribution in [3.05, 3.63) is 60.4 Å². The molecule has 2 atom stereocenters. The molecule has 3 rings (SSSR count). The second-order valence-corrected chi connectivity index (χ2v) is 11.7. The molecule has 2 aromatic rings. The van der Waals surface area contributed by atoms with E-state index < -0.39 is 53.7 Å². The zero-order chi connectivity index (χ0) is 22.8. The van der Waals surface area contributed by atoms with E-state index in [2.05, 4.69) is 4.72 Å². The number of sulfone groups is 1. The Labute approximate surface area is 182 Å². The molecule has 168 valence electrons. The van der Waals surface area contributed by atoms with Gasteiger partial charge in [-0.25, -0.2) is 21.2 Å². The Balaban J connectivity index is 1.78. The number of carbonyl (C=O) groups is 1. The number of hydrogen-bond acceptors (Lipinski definition) is 5. The summed E-state index contributed by atoms with van der Waals surface area (Å²) in [5, 5.41) is -0.769. The minimum absolute atomic E-state index is 0.0271. The maximum absolute atomic E-state index is 14.0. The van der Waals surface area contributed by atoms with Crippen LogP contribution in [0.5, 0.6) is 0 Å². The van der Waals surface area contributed by atoms with Crippen LogP contribution in [0.15, 0.2) is 64.4 Å². The standard InChI is InChI=1S/C21H25FN2O5S2/c1-15(2)20(23-31(28,29)19-11-7-6-10-18(19)22)21(25)24-13-12-17(14-24)30(26,27)16-8-4-3-5-9-16/h3-11,15,17,20,23H,12-14H2,1-2H3. The smallest absolute Gasteiger partial charge is 0.244 e. The van der Waals surface area contributed by atoms with E-state index in [4.69, 9.17) is 0 Å². The van der Waals surface area contributed by atoms with Gasteiger partial charge in [-0.3, -0.25) is 4.79 Å². The molecule has 1 heterocycles. The van der Waals surface area contributed by atoms with Gasteiger partial charge in [-0.15, -0.1) is 0 Å². The fourth-order valence-corrected chi connectivity index (χ4v) is 6.68. The third-order valence-corrected chi connectivity index (χ3v) is 8.97. The maximum Gasteiger partial charge on any atom is 0.244 e. The van der Waals surface area contributed by atoms with E-state index in [-0.39, 0.29) is 24.4 Å². The molecule has 1 aliphatic heterocycles. The van der Waals surface area contributed by atoms with Gasteiger partial charge in [0.2, 0.25) is 15.9 Å². The summed E-state index contributed by atoms with van der Waals surface area (Å²) in [7, 11) is -7.90. The lowest BCUT2D eigenvalue weighted by atomic mass is 10.0. The van der Waals surface area contributed by atoms with E-state index in [0.29, 0.717) is 0 Å². The van der Waals surface area contributed by atoms with Gasteiger partial charge >= 0.3 is 0 Å². The van der Waals surface area contributed by atoms with Crippen LogP contribution in [-0.2, 0) is 24.7 Å². The normalized spacial score (nSPS) is 18.3. The molecule has 31 heavy (non-hydrogen) atoms. The molecule has 0 radical (unpaired) electrons. The molecule has 10 heteroatoms. The number of rotatable bonds is 7. The minimum Gasteiger partial charge on any atom is -0.340 e. The highest BCUT2D eigenvalue weighted by Crippen LogP contribution is 2.25. The van der Waals surface area contributed by atoms with Gasteiger partial charge in [-0.2, -0.15) is 4.72 Å². The van der Waals surface area contributed by atoms with Crippen LogP contribution in [0.25, 0.3) is 0 Å². The zero-order valence-electron chi connectivity index (χ0n) is 17.2. The first-order valence-electron chi connectivity index (χ1n) is 9.88. The lowest BCUT2D eigenvalue weighted by Gasteiger charge is -2.27. The summed E-state index contributed by atoms with van der Waals surface area (Å²) in [5.41, 5.74) is 0. The van der Waals surface area contributed by atoms with Crippen LogP contribution < -0.4 is 4.72 Å². The van der Waals surface area contributed by atoms with Gasteiger partial charge < -0.3 is 4.90 Å². The first-order valence-corrected chi connectivity index (χ1v) is 12.9. The molecule has 2 aromatic carbocycles. The number of likely N-dealkylation sites (tertiary alicyclic amines) is 1. The number of sulfonamides is 1. The Kier molecular flexibility index (Phi) is 6.82. The van der Waals surface area contributed by atoms with Crippen LogP contribution in [0.4, 0.5) is 4.39 Å². The van der Waals surface area contributed by atoms with Crippen LogP contribution in [-0.4, -0.2) is 52.0 Å². The monoisotopic (exact) mass is 468 g/mol. The number of amides is 1. The van der Waals surface area contributed by atoms with Crippen molar-refractivity contribution in [2.24, 2.45) is 5.92 Å². The first kappa shape index (κ1) is 23.4. The number of halogens is 1. The SMILES string of the molecule is CC(C)C(NS(=O)(=O)c1ccccc1F)C(=O)N1CCC(S(=O)(=O)c2ccccc2)C1. The van der Waals surface area contributed by atoms with Crippen molar-refractivity contribution < 1.29 is 26.0 Å². The minimum atomic E-state index is -4.29. The van der Waals surface area contributed by atoms with Crippen LogP contribution in [0.3, 0.4) is 0 Å². The van der Waals surface area contributed by atoms with Crippen LogP contribution in [0.2, 0.25) is 0 Å². The fourth-order valence-electron chi connectivity index (χ4n) is 3.55. The van der Waals surface area contributed by atoms with Crippen molar-refractivity contribution in [1.29, 1.82) is 0 Å². The summed E-state index contributed by atoms with van der Waals surface area (Å²) in [6.07, 6.45) is 0.258. The molecule has 1 saturated heterocycles. The topological polar surface area (TPSA) is 101 Å². The number of hydrogen-bond donors (Lipinski definition) is 1. The third-order valence-electron chi connectivity index (χ3n) is 5.31. The van der Waals surface area contributed by atoms with E-state index in [9.17, 15) is 26.0 Å². The van der Waals surface area contributed by atoms with Gasteiger partial charge in [0.1, 0.15) is 16.8 Å². The summed E-state index contributed by atoms with van der Waals surface area (Å²) in [4.78, 5) is 14.1. The summed E-state index contributed by atoms with van der Waals surface area (Å²) in [5.74, 6) is -1.88. The van der Waals surface area contributed by atoms with Crippen molar-refractivity contribution >= 4 is 25.8 Å². The zero-order valence-corrected chi connectivity index (χ0v) is 18.9. The molecule has 0 aromatic heterocycles. The highest BCUT2D eigenvalue weighted by atomic mass is 32.2. The Morgan fingerprint density at radius 2 is 1.65 bits per heavy atom. The highest BCUT2D eigenvalue weighted by Gasteiger charge is 2.40. The van der Waals surface area contributed by atoms with Gasteiger partial charge in [-0.1, -0.05) is 44.2 Å². The first-order chi connectivity index (χ1) is 14.5. The van der Waals surface area contributed by atoms with Crippen LogP contribution in [0, 0.1) is 11.7 Å². The van der Waals surface area contributed by atoms with Crippen molar-refractivity contribution in [2.75, 3.05) is 13.1 Å². The van der Waals surface area contributed by atoms with E-state index >= 15 is 0 Å². The molecule has 1 fully saturated rings. The van der Waals surface area contributed by atoms with Gasteiger partial charge in [0, 0.05) is 13.1 Å². The van der Waals surface area contributed by atoms with E-state index in [1.54, 1.807) is 32.0 Å². The Bertz CT molecular complexity index is 1150. The van der Waals surface area contributed by atoms with Gasteiger partial charge in [0.05, 0.1) is 10.1 Å². The average molecular weight is 469 g/mol. The summed E-state index contributed by atoms with van der Waals surface area (Å²) >= 11 is 0. The Morgan fingerprint density at radius 3 is 2.26 bits per heavy atom. The number of nitrogens with zero attached hydrogens (tertiary/aromatic N) is 1. The molecular formula is C21H25FN2O5S2. The molecule has 0 spiro atoms. The third kappa shape index (κ3) is 4.97. The molecule has 1 N–H and O–H groups in total. The Hall–Kier alpha value is -2.30. The second kappa shape index (κ2) is 9.05. The Morgan fingerprint density at radius 1 is 1.03 bits per heavy atom. The van der Waals surface area contributed by atoms with Gasteiger partial charge in [0.25, 0.3) is 0 Å². The lowest BCUT2D eigenvalue weighted by Crippen LogP contribution is -2.51. The number of nitrogens with one attached hydrogen (secondary N) is 1. The molecule has 0 aliphatic carbocycles. The van der Waals surface area contributed by atoms with E-state index in [1.807, 2.05) is 0 Å². The van der Waals surface area contributed by atoms with Gasteiger partial charge in [-0.05, 0) is 36.6 Å². The predicted molar refractivity (Wildman–Crippen MR) is 114 cm³/mol. The largest absolute Gasteiger partial charge is 0.340 e. The van der Waals surface area contributed by atoms with Crippen molar-refractivity contribution in [3.8, 4) is 0 Å². The molecule has 1 amide bonds. The van der Waals surface area contributed by atoms with E-state index in [1.165, 1.54) is 29.2 Å². The highest BCUT2D eigenvalue weighted by molar-refractivity contribution is 7.92. The molecule has 0 bridgehead atoms. The molecular weight excluding hydrogens is 443 g/mol. The number of benzene rings is 2. The van der Waals surface area contributed by atoms with Crippen LogP contribution >= 0.6 is 0 Å². The van der Waals surface area contributed by atoms with Crippen molar-refractivity contribution in [1.82, 2.24) is 9.62 Å². The quantitative estimate of drug-likeness (QED) is 0.672.